The van der Waals surface area contributed by atoms with Gasteiger partial charge in [-0.2, -0.15) is 0 Å². The zero-order valence-corrected chi connectivity index (χ0v) is 17.8. The maximum absolute atomic E-state index is 14.5. The topological polar surface area (TPSA) is 98.8 Å². The van der Waals surface area contributed by atoms with E-state index in [1.54, 1.807) is 31.2 Å². The second kappa shape index (κ2) is 12.4. The molecular formula is C21H28F2N4O3. The second-order valence-corrected chi connectivity index (χ2v) is 5.85. The lowest BCUT2D eigenvalue weighted by molar-refractivity contribution is 0.102. The van der Waals surface area contributed by atoms with Crippen LogP contribution in [0.25, 0.3) is 0 Å². The Kier molecular flexibility index (Phi) is 10.2. The molecule has 2 aromatic rings. The van der Waals surface area contributed by atoms with Gasteiger partial charge in [0, 0.05) is 17.7 Å². The van der Waals surface area contributed by atoms with Crippen molar-refractivity contribution in [2.75, 3.05) is 26.2 Å². The van der Waals surface area contributed by atoms with Gasteiger partial charge in [-0.1, -0.05) is 13.8 Å². The number of nitrogens with zero attached hydrogens (tertiary/aromatic N) is 2. The van der Waals surface area contributed by atoms with Crippen LogP contribution >= 0.6 is 0 Å². The molecule has 0 spiro atoms. The van der Waals surface area contributed by atoms with Crippen molar-refractivity contribution in [3.8, 4) is 5.75 Å². The van der Waals surface area contributed by atoms with Gasteiger partial charge in [0.1, 0.15) is 17.3 Å². The summed E-state index contributed by atoms with van der Waals surface area (Å²) >= 11 is 0. The van der Waals surface area contributed by atoms with Gasteiger partial charge in [0.15, 0.2) is 0 Å². The predicted octanol–water partition coefficient (Wildman–Crippen LogP) is 4.18. The van der Waals surface area contributed by atoms with Crippen molar-refractivity contribution in [3.05, 3.63) is 53.1 Å². The van der Waals surface area contributed by atoms with E-state index in [9.17, 15) is 13.6 Å². The number of amidine groups is 1. The molecule has 3 rings (SSSR count). The Morgan fingerprint density at radius 2 is 2.00 bits per heavy atom. The summed E-state index contributed by atoms with van der Waals surface area (Å²) in [7, 11) is 2.02. The summed E-state index contributed by atoms with van der Waals surface area (Å²) in [6, 6.07) is 5.91. The Balaban J connectivity index is 0.00000106. The third kappa shape index (κ3) is 6.40. The monoisotopic (exact) mass is 422 g/mol. The molecule has 0 saturated heterocycles. The van der Waals surface area contributed by atoms with E-state index in [0.29, 0.717) is 42.8 Å². The number of benzene rings is 1. The first kappa shape index (κ1) is 24.8. The number of rotatable bonds is 4. The summed E-state index contributed by atoms with van der Waals surface area (Å²) in [5, 5.41) is 2.73. The fourth-order valence-corrected chi connectivity index (χ4v) is 2.70. The van der Waals surface area contributed by atoms with Crippen LogP contribution in [0, 0.1) is 12.7 Å². The van der Waals surface area contributed by atoms with E-state index in [0.717, 1.165) is 0 Å². The zero-order chi connectivity index (χ0) is 22.7. The molecule has 9 heteroatoms. The fourth-order valence-electron chi connectivity index (χ4n) is 2.70. The number of hydrogen-bond acceptors (Lipinski definition) is 6. The first-order chi connectivity index (χ1) is 14.5. The van der Waals surface area contributed by atoms with Gasteiger partial charge in [-0.3, -0.25) is 9.18 Å². The number of hydrogen-bond donors (Lipinski definition) is 2. The molecule has 1 atom stereocenters. The maximum atomic E-state index is 14.5. The minimum atomic E-state index is -0.446. The van der Waals surface area contributed by atoms with E-state index >= 15 is 0 Å². The van der Waals surface area contributed by atoms with E-state index in [4.69, 9.17) is 15.2 Å². The average Bonchev–Trinajstić information content (AvgIpc) is 2.79. The third-order valence-corrected chi connectivity index (χ3v) is 4.03. The molecule has 1 aliphatic rings. The van der Waals surface area contributed by atoms with Crippen LogP contribution in [0.2, 0.25) is 0 Å². The number of aryl methyl sites for hydroxylation is 1. The molecular weight excluding hydrogens is 394 g/mol. The van der Waals surface area contributed by atoms with Gasteiger partial charge < -0.3 is 20.5 Å². The molecule has 1 aromatic heterocycles. The highest BCUT2D eigenvalue weighted by Gasteiger charge is 2.22. The normalized spacial score (nSPS) is 14.6. The smallest absolute Gasteiger partial charge is 0.282 e. The lowest BCUT2D eigenvalue weighted by atomic mass is 10.00. The van der Waals surface area contributed by atoms with Gasteiger partial charge in [-0.15, -0.1) is 0 Å². The molecule has 0 radical (unpaired) electrons. The molecule has 0 aliphatic carbocycles. The van der Waals surface area contributed by atoms with E-state index < -0.39 is 11.9 Å². The highest BCUT2D eigenvalue weighted by atomic mass is 19.1. The number of methoxy groups -OCH3 is 1. The SMILES string of the molecule is CC.CF.COc1ccc(C(=O)Nc2cc(C)c(F)c(C3CCOC(N)=N3)c2)nc1. The minimum absolute atomic E-state index is 0.0372. The van der Waals surface area contributed by atoms with Crippen LogP contribution in [-0.4, -0.2) is 37.8 Å². The number of halogens is 2. The van der Waals surface area contributed by atoms with Crippen molar-refractivity contribution >= 4 is 17.6 Å². The number of ether oxygens (including phenoxy) is 2. The Hall–Kier alpha value is -3.23. The van der Waals surface area contributed by atoms with Gasteiger partial charge in [-0.25, -0.2) is 14.4 Å². The van der Waals surface area contributed by atoms with Gasteiger partial charge in [0.25, 0.3) is 11.9 Å². The van der Waals surface area contributed by atoms with E-state index in [1.807, 2.05) is 13.8 Å². The number of carbonyl (C=O) groups is 1. The Labute approximate surface area is 175 Å². The summed E-state index contributed by atoms with van der Waals surface area (Å²) in [5.41, 5.74) is 7.04. The molecule has 1 unspecified atom stereocenters. The molecule has 0 fully saturated rings. The number of pyridine rings is 1. The highest BCUT2D eigenvalue weighted by Crippen LogP contribution is 2.30. The highest BCUT2D eigenvalue weighted by molar-refractivity contribution is 6.03. The third-order valence-electron chi connectivity index (χ3n) is 4.03. The van der Waals surface area contributed by atoms with Crippen molar-refractivity contribution in [1.29, 1.82) is 0 Å². The molecule has 0 saturated carbocycles. The molecule has 0 bridgehead atoms. The molecule has 1 aliphatic heterocycles. The number of aromatic nitrogens is 1. The van der Waals surface area contributed by atoms with Crippen molar-refractivity contribution < 1.29 is 23.0 Å². The lowest BCUT2D eigenvalue weighted by Gasteiger charge is -2.21. The molecule has 2 heterocycles. The number of amides is 1. The van der Waals surface area contributed by atoms with Crippen LogP contribution in [0.15, 0.2) is 35.5 Å². The largest absolute Gasteiger partial charge is 0.495 e. The Morgan fingerprint density at radius 1 is 1.30 bits per heavy atom. The van der Waals surface area contributed by atoms with Gasteiger partial charge in [0.05, 0.1) is 33.1 Å². The number of carbonyl (C=O) groups excluding carboxylic acids is 1. The number of anilines is 1. The predicted molar refractivity (Wildman–Crippen MR) is 113 cm³/mol. The number of nitrogens with one attached hydrogen (secondary N) is 1. The molecule has 1 aromatic carbocycles. The van der Waals surface area contributed by atoms with Gasteiger partial charge in [-0.05, 0) is 36.8 Å². The molecule has 164 valence electrons. The van der Waals surface area contributed by atoms with E-state index in [-0.39, 0.29) is 17.5 Å². The van der Waals surface area contributed by atoms with Crippen molar-refractivity contribution in [3.63, 3.8) is 0 Å². The fraction of sp³-hybridized carbons (Fsp3) is 0.381. The molecule has 30 heavy (non-hydrogen) atoms. The molecule has 3 N–H and O–H groups in total. The van der Waals surface area contributed by atoms with E-state index in [2.05, 4.69) is 15.3 Å². The number of alkyl halides is 1. The maximum Gasteiger partial charge on any atom is 0.282 e. The van der Waals surface area contributed by atoms with Crippen LogP contribution < -0.4 is 15.8 Å². The van der Waals surface area contributed by atoms with Crippen LogP contribution in [0.5, 0.6) is 5.75 Å². The summed E-state index contributed by atoms with van der Waals surface area (Å²) in [5.74, 6) is -0.218. The van der Waals surface area contributed by atoms with Crippen molar-refractivity contribution in [2.45, 2.75) is 33.2 Å². The Morgan fingerprint density at radius 3 is 2.57 bits per heavy atom. The first-order valence-electron chi connectivity index (χ1n) is 9.43. The average molecular weight is 422 g/mol. The van der Waals surface area contributed by atoms with E-state index in [1.165, 1.54) is 13.3 Å². The molecule has 1 amide bonds. The summed E-state index contributed by atoms with van der Waals surface area (Å²) in [6.45, 7) is 6.00. The summed E-state index contributed by atoms with van der Waals surface area (Å²) < 4.78 is 34.2. The molecule has 7 nitrogen and oxygen atoms in total. The van der Waals surface area contributed by atoms with Gasteiger partial charge in [0.2, 0.25) is 0 Å². The number of aliphatic imine (C=N–C) groups is 1. The van der Waals surface area contributed by atoms with Crippen molar-refractivity contribution in [1.82, 2.24) is 4.98 Å². The van der Waals surface area contributed by atoms with Crippen LogP contribution in [0.1, 0.15) is 47.9 Å². The standard InChI is InChI=1S/C18H19FN4O3.C2H6.CH3F/c1-10-7-11(22-17(24)15-4-3-12(25-2)9-21-15)8-13(16(10)19)14-5-6-26-18(20)23-14;2*1-2/h3-4,7-9,14H,5-6H2,1-2H3,(H2,20,23)(H,22,24);1-2H3;1H3. The second-order valence-electron chi connectivity index (χ2n) is 5.85. The lowest BCUT2D eigenvalue weighted by Crippen LogP contribution is -2.24. The zero-order valence-electron chi connectivity index (χ0n) is 17.8. The quantitative estimate of drug-likeness (QED) is 0.770. The van der Waals surface area contributed by atoms with Crippen LogP contribution in [0.3, 0.4) is 0 Å². The van der Waals surface area contributed by atoms with Gasteiger partial charge >= 0.3 is 0 Å². The minimum Gasteiger partial charge on any atom is -0.495 e. The summed E-state index contributed by atoms with van der Waals surface area (Å²) in [6.07, 6.45) is 1.96. The Bertz CT molecular complexity index is 858. The summed E-state index contributed by atoms with van der Waals surface area (Å²) in [4.78, 5) is 20.6. The first-order valence-corrected chi connectivity index (χ1v) is 9.43. The van der Waals surface area contributed by atoms with Crippen molar-refractivity contribution in [2.24, 2.45) is 10.7 Å². The number of nitrogens with two attached hydrogens (primary N) is 1. The van der Waals surface area contributed by atoms with Crippen LogP contribution in [-0.2, 0) is 4.74 Å². The van der Waals surface area contributed by atoms with Crippen LogP contribution in [0.4, 0.5) is 14.5 Å².